The molecule has 1 aromatic carbocycles. The minimum atomic E-state index is -0.769. The summed E-state index contributed by atoms with van der Waals surface area (Å²) in [4.78, 5) is 27.0. The molecule has 0 radical (unpaired) electrons. The van der Waals surface area contributed by atoms with Crippen LogP contribution >= 0.6 is 0 Å². The Bertz CT molecular complexity index is 987. The number of ketones is 1. The number of amides is 1. The molecule has 1 aliphatic heterocycles. The van der Waals surface area contributed by atoms with Gasteiger partial charge in [-0.05, 0) is 61.9 Å². The molecular weight excluding hydrogens is 370 g/mol. The predicted octanol–water partition coefficient (Wildman–Crippen LogP) is 3.53. The molecule has 1 N–H and O–H groups in total. The van der Waals surface area contributed by atoms with Crippen molar-refractivity contribution in [3.8, 4) is 0 Å². The number of carbonyl (C=O) groups excluding carboxylic acids is 2. The van der Waals surface area contributed by atoms with Gasteiger partial charge in [0.25, 0.3) is 11.7 Å². The molecule has 0 saturated carbocycles. The lowest BCUT2D eigenvalue weighted by Gasteiger charge is -2.23. The third-order valence-electron chi connectivity index (χ3n) is 5.73. The molecule has 4 rings (SSSR count). The van der Waals surface area contributed by atoms with E-state index in [4.69, 9.17) is 9.15 Å². The third kappa shape index (κ3) is 3.49. The summed E-state index contributed by atoms with van der Waals surface area (Å²) in [7, 11) is 1.54. The molecule has 6 heteroatoms. The van der Waals surface area contributed by atoms with Gasteiger partial charge in [-0.15, -0.1) is 0 Å². The Morgan fingerprint density at radius 1 is 1.17 bits per heavy atom. The van der Waals surface area contributed by atoms with Crippen LogP contribution in [0.4, 0.5) is 0 Å². The molecule has 1 aliphatic carbocycles. The van der Waals surface area contributed by atoms with Crippen molar-refractivity contribution in [2.45, 2.75) is 38.6 Å². The van der Waals surface area contributed by atoms with E-state index in [2.05, 4.69) is 0 Å². The van der Waals surface area contributed by atoms with E-state index in [1.54, 1.807) is 19.1 Å². The molecule has 1 fully saturated rings. The van der Waals surface area contributed by atoms with Gasteiger partial charge in [-0.3, -0.25) is 9.59 Å². The molecular formula is C23H25NO5. The summed E-state index contributed by atoms with van der Waals surface area (Å²) in [5.74, 6) is -0.380. The number of fused-ring (bicyclic) bond motifs is 1. The van der Waals surface area contributed by atoms with Gasteiger partial charge in [-0.2, -0.15) is 0 Å². The van der Waals surface area contributed by atoms with E-state index in [1.165, 1.54) is 29.6 Å². The van der Waals surface area contributed by atoms with Gasteiger partial charge in [0.2, 0.25) is 0 Å². The number of aryl methyl sites for hydroxylation is 3. The molecule has 2 aliphatic rings. The number of hydrogen-bond donors (Lipinski definition) is 1. The highest BCUT2D eigenvalue weighted by atomic mass is 16.5. The summed E-state index contributed by atoms with van der Waals surface area (Å²) in [6, 6.07) is 8.53. The van der Waals surface area contributed by atoms with E-state index >= 15 is 0 Å². The van der Waals surface area contributed by atoms with Crippen LogP contribution in [0, 0.1) is 6.92 Å². The number of rotatable bonds is 5. The van der Waals surface area contributed by atoms with Crippen molar-refractivity contribution < 1.29 is 23.8 Å². The van der Waals surface area contributed by atoms with E-state index in [1.807, 2.05) is 18.2 Å². The molecule has 29 heavy (non-hydrogen) atoms. The number of furan rings is 1. The van der Waals surface area contributed by atoms with Crippen LogP contribution in [-0.2, 0) is 27.2 Å². The van der Waals surface area contributed by atoms with E-state index < -0.39 is 17.7 Å². The molecule has 0 spiro atoms. The number of methoxy groups -OCH3 is 1. The molecule has 0 bridgehead atoms. The summed E-state index contributed by atoms with van der Waals surface area (Å²) in [6.45, 7) is 2.31. The lowest BCUT2D eigenvalue weighted by Crippen LogP contribution is -2.32. The summed E-state index contributed by atoms with van der Waals surface area (Å²) in [5.41, 5.74) is 3.10. The van der Waals surface area contributed by atoms with Crippen LogP contribution in [0.2, 0.25) is 0 Å². The van der Waals surface area contributed by atoms with Crippen molar-refractivity contribution in [2.24, 2.45) is 0 Å². The Kier molecular flexibility index (Phi) is 5.28. The summed E-state index contributed by atoms with van der Waals surface area (Å²) in [6.07, 6.45) is 4.27. The number of aliphatic hydroxyl groups is 1. The van der Waals surface area contributed by atoms with Gasteiger partial charge in [0.1, 0.15) is 23.3 Å². The quantitative estimate of drug-likeness (QED) is 0.476. The topological polar surface area (TPSA) is 80.0 Å². The van der Waals surface area contributed by atoms with Crippen molar-refractivity contribution in [1.82, 2.24) is 4.90 Å². The zero-order valence-corrected chi connectivity index (χ0v) is 16.7. The van der Waals surface area contributed by atoms with E-state index in [9.17, 15) is 14.7 Å². The standard InChI is InChI=1S/C23H25NO5/c1-14-7-10-18(29-14)20-19(22(26)23(27)24(20)11-12-28-2)21(25)17-9-8-15-5-3-4-6-16(15)13-17/h7-10,13,20,25H,3-6,11-12H2,1-2H3/b21-19-. The number of Topliss-reactive ketones (excluding diaryl/α,β-unsaturated/α-hetero) is 1. The Morgan fingerprint density at radius 3 is 2.62 bits per heavy atom. The van der Waals surface area contributed by atoms with Gasteiger partial charge in [0.15, 0.2) is 0 Å². The largest absolute Gasteiger partial charge is 0.507 e. The van der Waals surface area contributed by atoms with Crippen LogP contribution in [0.3, 0.4) is 0 Å². The van der Waals surface area contributed by atoms with Crippen LogP contribution in [0.15, 0.2) is 40.3 Å². The zero-order chi connectivity index (χ0) is 20.5. The number of likely N-dealkylation sites (tertiary alicyclic amines) is 1. The first kappa shape index (κ1) is 19.5. The van der Waals surface area contributed by atoms with Gasteiger partial charge in [-0.1, -0.05) is 12.1 Å². The Hall–Kier alpha value is -2.86. The van der Waals surface area contributed by atoms with Crippen LogP contribution in [0.25, 0.3) is 5.76 Å². The highest BCUT2D eigenvalue weighted by molar-refractivity contribution is 6.46. The molecule has 2 heterocycles. The maximum atomic E-state index is 12.9. The first-order valence-electron chi connectivity index (χ1n) is 9.97. The Balaban J connectivity index is 1.82. The fourth-order valence-electron chi connectivity index (χ4n) is 4.23. The van der Waals surface area contributed by atoms with Crippen molar-refractivity contribution >= 4 is 17.4 Å². The summed E-state index contributed by atoms with van der Waals surface area (Å²) in [5, 5.41) is 11.1. The van der Waals surface area contributed by atoms with Gasteiger partial charge < -0.3 is 19.2 Å². The van der Waals surface area contributed by atoms with Crippen LogP contribution in [-0.4, -0.2) is 42.0 Å². The number of nitrogens with zero attached hydrogens (tertiary/aromatic N) is 1. The van der Waals surface area contributed by atoms with Gasteiger partial charge >= 0.3 is 0 Å². The Labute approximate surface area is 169 Å². The van der Waals surface area contributed by atoms with E-state index in [0.29, 0.717) is 17.1 Å². The van der Waals surface area contributed by atoms with Crippen molar-refractivity contribution in [2.75, 3.05) is 20.3 Å². The van der Waals surface area contributed by atoms with E-state index in [0.717, 1.165) is 19.3 Å². The summed E-state index contributed by atoms with van der Waals surface area (Å²) < 4.78 is 10.9. The molecule has 152 valence electrons. The molecule has 1 unspecified atom stereocenters. The van der Waals surface area contributed by atoms with E-state index in [-0.39, 0.29) is 24.5 Å². The van der Waals surface area contributed by atoms with Crippen LogP contribution in [0.5, 0.6) is 0 Å². The SMILES string of the molecule is COCCN1C(=O)C(=O)/C(=C(\O)c2ccc3c(c2)CCCC3)C1c1ccc(C)o1. The normalized spacial score (nSPS) is 20.9. The Morgan fingerprint density at radius 2 is 1.93 bits per heavy atom. The fraction of sp³-hybridized carbons (Fsp3) is 0.391. The molecule has 2 aromatic rings. The van der Waals surface area contributed by atoms with Crippen molar-refractivity contribution in [3.63, 3.8) is 0 Å². The monoisotopic (exact) mass is 395 g/mol. The average Bonchev–Trinajstić information content (AvgIpc) is 3.27. The van der Waals surface area contributed by atoms with Crippen LogP contribution in [0.1, 0.15) is 47.1 Å². The van der Waals surface area contributed by atoms with Gasteiger partial charge in [-0.25, -0.2) is 0 Å². The minimum Gasteiger partial charge on any atom is -0.507 e. The molecule has 1 atom stereocenters. The number of aliphatic hydroxyl groups excluding tert-OH is 1. The maximum absolute atomic E-state index is 12.9. The zero-order valence-electron chi connectivity index (χ0n) is 16.7. The molecule has 1 saturated heterocycles. The third-order valence-corrected chi connectivity index (χ3v) is 5.73. The van der Waals surface area contributed by atoms with Gasteiger partial charge in [0, 0.05) is 19.2 Å². The second kappa shape index (κ2) is 7.87. The first-order valence-corrected chi connectivity index (χ1v) is 9.97. The lowest BCUT2D eigenvalue weighted by atomic mass is 9.89. The molecule has 1 amide bonds. The highest BCUT2D eigenvalue weighted by Gasteiger charge is 2.47. The fourth-order valence-corrected chi connectivity index (χ4v) is 4.23. The van der Waals surface area contributed by atoms with Crippen molar-refractivity contribution in [1.29, 1.82) is 0 Å². The second-order valence-corrected chi connectivity index (χ2v) is 7.62. The van der Waals surface area contributed by atoms with Gasteiger partial charge in [0.05, 0.1) is 12.2 Å². The molecule has 6 nitrogen and oxygen atoms in total. The average molecular weight is 395 g/mol. The number of hydrogen-bond acceptors (Lipinski definition) is 5. The lowest BCUT2D eigenvalue weighted by molar-refractivity contribution is -0.140. The van der Waals surface area contributed by atoms with Crippen LogP contribution < -0.4 is 0 Å². The number of benzene rings is 1. The second-order valence-electron chi connectivity index (χ2n) is 7.62. The molecule has 1 aromatic heterocycles. The highest BCUT2D eigenvalue weighted by Crippen LogP contribution is 2.40. The minimum absolute atomic E-state index is 0.0659. The summed E-state index contributed by atoms with van der Waals surface area (Å²) >= 11 is 0. The maximum Gasteiger partial charge on any atom is 0.295 e. The van der Waals surface area contributed by atoms with Crippen molar-refractivity contribution in [3.05, 3.63) is 64.1 Å². The number of carbonyl (C=O) groups is 2. The smallest absolute Gasteiger partial charge is 0.295 e. The predicted molar refractivity (Wildman–Crippen MR) is 107 cm³/mol. The number of ether oxygens (including phenoxy) is 1. The first-order chi connectivity index (χ1) is 14.0.